The Morgan fingerprint density at radius 3 is 2.61 bits per heavy atom. The normalized spacial score (nSPS) is 10.7. The van der Waals surface area contributed by atoms with Crippen LogP contribution in [-0.4, -0.2) is 5.91 Å². The summed E-state index contributed by atoms with van der Waals surface area (Å²) in [6, 6.07) is 2.01. The SMILES string of the molecule is Cc1oc(C)c(C(=O)NCc2cc(Br)cs2)c1C. The molecule has 5 heteroatoms. The van der Waals surface area contributed by atoms with Crippen molar-refractivity contribution < 1.29 is 9.21 Å². The van der Waals surface area contributed by atoms with E-state index in [1.165, 1.54) is 0 Å². The Balaban J connectivity index is 2.08. The highest BCUT2D eigenvalue weighted by Crippen LogP contribution is 2.22. The Kier molecular flexibility index (Phi) is 3.92. The molecule has 2 rings (SSSR count). The maximum absolute atomic E-state index is 12.1. The molecule has 0 fully saturated rings. The molecule has 1 amide bonds. The van der Waals surface area contributed by atoms with Gasteiger partial charge in [0, 0.05) is 20.3 Å². The summed E-state index contributed by atoms with van der Waals surface area (Å²) in [5.41, 5.74) is 1.57. The zero-order chi connectivity index (χ0) is 13.3. The van der Waals surface area contributed by atoms with Gasteiger partial charge in [-0.3, -0.25) is 4.79 Å². The van der Waals surface area contributed by atoms with Crippen molar-refractivity contribution in [3.63, 3.8) is 0 Å². The second kappa shape index (κ2) is 5.28. The van der Waals surface area contributed by atoms with Crippen molar-refractivity contribution in [3.05, 3.63) is 43.4 Å². The van der Waals surface area contributed by atoms with Crippen LogP contribution < -0.4 is 5.32 Å². The number of aryl methyl sites for hydroxylation is 2. The standard InChI is InChI=1S/C13H14BrNO2S/c1-7-8(2)17-9(3)12(7)13(16)15-5-11-4-10(14)6-18-11/h4,6H,5H2,1-3H3,(H,15,16). The van der Waals surface area contributed by atoms with Gasteiger partial charge in [-0.15, -0.1) is 11.3 Å². The van der Waals surface area contributed by atoms with E-state index < -0.39 is 0 Å². The lowest BCUT2D eigenvalue weighted by Crippen LogP contribution is -2.23. The van der Waals surface area contributed by atoms with E-state index in [4.69, 9.17) is 4.42 Å². The molecule has 0 atom stereocenters. The number of thiophene rings is 1. The molecular formula is C13H14BrNO2S. The fourth-order valence-electron chi connectivity index (χ4n) is 1.83. The number of hydrogen-bond donors (Lipinski definition) is 1. The van der Waals surface area contributed by atoms with Gasteiger partial charge < -0.3 is 9.73 Å². The number of hydrogen-bond acceptors (Lipinski definition) is 3. The number of furan rings is 1. The summed E-state index contributed by atoms with van der Waals surface area (Å²) >= 11 is 5.01. The first-order valence-corrected chi connectivity index (χ1v) is 7.24. The molecule has 0 saturated heterocycles. The Morgan fingerprint density at radius 2 is 2.11 bits per heavy atom. The number of carbonyl (C=O) groups excluding carboxylic acids is 1. The molecule has 18 heavy (non-hydrogen) atoms. The minimum absolute atomic E-state index is 0.0774. The molecule has 96 valence electrons. The molecule has 0 unspecified atom stereocenters. The molecule has 1 N–H and O–H groups in total. The van der Waals surface area contributed by atoms with E-state index >= 15 is 0 Å². The van der Waals surface area contributed by atoms with Crippen LogP contribution in [0.2, 0.25) is 0 Å². The molecule has 0 aliphatic carbocycles. The first-order chi connectivity index (χ1) is 8.49. The maximum atomic E-state index is 12.1. The highest BCUT2D eigenvalue weighted by Gasteiger charge is 2.18. The third-order valence-corrected chi connectivity index (χ3v) is 4.53. The van der Waals surface area contributed by atoms with Gasteiger partial charge in [-0.25, -0.2) is 0 Å². The van der Waals surface area contributed by atoms with Crippen LogP contribution in [-0.2, 0) is 6.54 Å². The molecular weight excluding hydrogens is 314 g/mol. The van der Waals surface area contributed by atoms with Crippen molar-refractivity contribution in [2.45, 2.75) is 27.3 Å². The molecule has 2 aromatic heterocycles. The van der Waals surface area contributed by atoms with Crippen LogP contribution >= 0.6 is 27.3 Å². The van der Waals surface area contributed by atoms with Crippen molar-refractivity contribution in [3.8, 4) is 0 Å². The Morgan fingerprint density at radius 1 is 1.39 bits per heavy atom. The minimum Gasteiger partial charge on any atom is -0.466 e. The van der Waals surface area contributed by atoms with Crippen LogP contribution in [0.4, 0.5) is 0 Å². The number of rotatable bonds is 3. The van der Waals surface area contributed by atoms with Gasteiger partial charge in [0.1, 0.15) is 11.5 Å². The average molecular weight is 328 g/mol. The zero-order valence-corrected chi connectivity index (χ0v) is 12.9. The molecule has 2 heterocycles. The third-order valence-electron chi connectivity index (χ3n) is 2.83. The summed E-state index contributed by atoms with van der Waals surface area (Å²) in [6.45, 7) is 6.13. The lowest BCUT2D eigenvalue weighted by molar-refractivity contribution is 0.0949. The number of nitrogens with one attached hydrogen (secondary N) is 1. The quantitative estimate of drug-likeness (QED) is 0.927. The van der Waals surface area contributed by atoms with Crippen LogP contribution in [0.1, 0.15) is 32.3 Å². The van der Waals surface area contributed by atoms with Crippen LogP contribution in [0, 0.1) is 20.8 Å². The first kappa shape index (κ1) is 13.4. The number of amides is 1. The fourth-order valence-corrected chi connectivity index (χ4v) is 3.22. The highest BCUT2D eigenvalue weighted by molar-refractivity contribution is 9.10. The van der Waals surface area contributed by atoms with E-state index in [2.05, 4.69) is 21.2 Å². The first-order valence-electron chi connectivity index (χ1n) is 5.56. The molecule has 3 nitrogen and oxygen atoms in total. The van der Waals surface area contributed by atoms with E-state index in [0.29, 0.717) is 17.9 Å². The predicted molar refractivity (Wildman–Crippen MR) is 76.1 cm³/mol. The largest absolute Gasteiger partial charge is 0.466 e. The Bertz CT molecular complexity index is 586. The van der Waals surface area contributed by atoms with Gasteiger partial charge in [-0.1, -0.05) is 0 Å². The smallest absolute Gasteiger partial charge is 0.255 e. The van der Waals surface area contributed by atoms with E-state index in [1.807, 2.05) is 32.2 Å². The number of halogens is 1. The molecule has 0 bridgehead atoms. The lowest BCUT2D eigenvalue weighted by Gasteiger charge is -2.03. The Labute approximate surface area is 118 Å². The topological polar surface area (TPSA) is 42.2 Å². The van der Waals surface area contributed by atoms with Gasteiger partial charge in [0.15, 0.2) is 0 Å². The van der Waals surface area contributed by atoms with E-state index in [9.17, 15) is 4.79 Å². The monoisotopic (exact) mass is 327 g/mol. The molecule has 0 aliphatic heterocycles. The molecule has 2 aromatic rings. The van der Waals surface area contributed by atoms with Crippen LogP contribution in [0.15, 0.2) is 20.3 Å². The fraction of sp³-hybridized carbons (Fsp3) is 0.308. The van der Waals surface area contributed by atoms with Crippen LogP contribution in [0.25, 0.3) is 0 Å². The van der Waals surface area contributed by atoms with Crippen molar-refractivity contribution in [2.24, 2.45) is 0 Å². The summed E-state index contributed by atoms with van der Waals surface area (Å²) in [4.78, 5) is 13.2. The second-order valence-electron chi connectivity index (χ2n) is 4.13. The summed E-state index contributed by atoms with van der Waals surface area (Å²) < 4.78 is 6.50. The number of carbonyl (C=O) groups is 1. The second-order valence-corrected chi connectivity index (χ2v) is 6.04. The van der Waals surface area contributed by atoms with Gasteiger partial charge >= 0.3 is 0 Å². The minimum atomic E-state index is -0.0774. The van der Waals surface area contributed by atoms with Gasteiger partial charge in [-0.2, -0.15) is 0 Å². The molecule has 0 saturated carbocycles. The van der Waals surface area contributed by atoms with Crippen LogP contribution in [0.5, 0.6) is 0 Å². The summed E-state index contributed by atoms with van der Waals surface area (Å²) in [5, 5.41) is 4.91. The van der Waals surface area contributed by atoms with Crippen molar-refractivity contribution in [1.29, 1.82) is 0 Å². The maximum Gasteiger partial charge on any atom is 0.255 e. The van der Waals surface area contributed by atoms with Gasteiger partial charge in [0.2, 0.25) is 0 Å². The summed E-state index contributed by atoms with van der Waals surface area (Å²) in [6.07, 6.45) is 0. The van der Waals surface area contributed by atoms with Crippen molar-refractivity contribution in [1.82, 2.24) is 5.32 Å². The summed E-state index contributed by atoms with van der Waals surface area (Å²) in [5.74, 6) is 1.40. The Hall–Kier alpha value is -1.07. The average Bonchev–Trinajstić information content (AvgIpc) is 2.82. The van der Waals surface area contributed by atoms with E-state index in [-0.39, 0.29) is 5.91 Å². The molecule has 0 aliphatic rings. The summed E-state index contributed by atoms with van der Waals surface area (Å²) in [7, 11) is 0. The zero-order valence-electron chi connectivity index (χ0n) is 10.5. The molecule has 0 aromatic carbocycles. The lowest BCUT2D eigenvalue weighted by atomic mass is 10.1. The van der Waals surface area contributed by atoms with E-state index in [0.717, 1.165) is 20.7 Å². The van der Waals surface area contributed by atoms with Gasteiger partial charge in [0.05, 0.1) is 12.1 Å². The van der Waals surface area contributed by atoms with E-state index in [1.54, 1.807) is 11.3 Å². The van der Waals surface area contributed by atoms with Gasteiger partial charge in [0.25, 0.3) is 5.91 Å². The van der Waals surface area contributed by atoms with Crippen LogP contribution in [0.3, 0.4) is 0 Å². The highest BCUT2D eigenvalue weighted by atomic mass is 79.9. The molecule has 0 spiro atoms. The third kappa shape index (κ3) is 2.67. The van der Waals surface area contributed by atoms with Crippen molar-refractivity contribution >= 4 is 33.2 Å². The van der Waals surface area contributed by atoms with Crippen molar-refractivity contribution in [2.75, 3.05) is 0 Å². The van der Waals surface area contributed by atoms with Gasteiger partial charge in [-0.05, 0) is 42.8 Å². The predicted octanol–water partition coefficient (Wildman–Crippen LogP) is 3.96. The molecule has 0 radical (unpaired) electrons.